The van der Waals surface area contributed by atoms with Gasteiger partial charge in [-0.15, -0.1) is 0 Å². The van der Waals surface area contributed by atoms with Crippen molar-refractivity contribution in [3.8, 4) is 23.0 Å². The van der Waals surface area contributed by atoms with E-state index in [4.69, 9.17) is 18.9 Å². The molecular weight excluding hydrogens is 440 g/mol. The van der Waals surface area contributed by atoms with Gasteiger partial charge in [-0.3, -0.25) is 0 Å². The normalized spacial score (nSPS) is 10.0. The number of benzene rings is 2. The van der Waals surface area contributed by atoms with Crippen molar-refractivity contribution in [2.75, 3.05) is 0 Å². The Labute approximate surface area is 195 Å². The first kappa shape index (κ1) is 25.3. The van der Waals surface area contributed by atoms with Crippen molar-refractivity contribution in [3.05, 3.63) is 98.1 Å². The van der Waals surface area contributed by atoms with E-state index < -0.39 is 23.9 Å². The van der Waals surface area contributed by atoms with E-state index in [2.05, 4.69) is 26.3 Å². The van der Waals surface area contributed by atoms with E-state index in [9.17, 15) is 19.2 Å². The first-order valence-electron chi connectivity index (χ1n) is 9.62. The quantitative estimate of drug-likeness (QED) is 0.225. The molecule has 0 N–H and O–H groups in total. The third-order valence-corrected chi connectivity index (χ3v) is 3.91. The molecular formula is C26H20O8. The molecule has 2 aromatic rings. The average Bonchev–Trinajstić information content (AvgIpc) is 2.84. The predicted octanol–water partition coefficient (Wildman–Crippen LogP) is 4.22. The van der Waals surface area contributed by atoms with Crippen molar-refractivity contribution in [2.45, 2.75) is 0 Å². The lowest BCUT2D eigenvalue weighted by Gasteiger charge is -2.10. The molecule has 0 aliphatic carbocycles. The van der Waals surface area contributed by atoms with Crippen LogP contribution < -0.4 is 18.9 Å². The molecule has 0 amide bonds. The topological polar surface area (TPSA) is 105 Å². The zero-order chi connectivity index (χ0) is 25.1. The summed E-state index contributed by atoms with van der Waals surface area (Å²) in [4.78, 5) is 46.4. The molecule has 8 nitrogen and oxygen atoms in total. The summed E-state index contributed by atoms with van der Waals surface area (Å²) in [7, 11) is 0. The van der Waals surface area contributed by atoms with Gasteiger partial charge in [-0.2, -0.15) is 0 Å². The van der Waals surface area contributed by atoms with Crippen molar-refractivity contribution in [3.63, 3.8) is 0 Å². The lowest BCUT2D eigenvalue weighted by atomic mass is 10.1. The molecule has 0 spiro atoms. The monoisotopic (exact) mass is 460 g/mol. The number of rotatable bonds is 10. The summed E-state index contributed by atoms with van der Waals surface area (Å²) in [6.45, 7) is 13.3. The summed E-state index contributed by atoms with van der Waals surface area (Å²) >= 11 is 0. The number of carbonyl (C=O) groups is 4. The molecule has 0 saturated heterocycles. The Bertz CT molecular complexity index is 1110. The van der Waals surface area contributed by atoms with Gasteiger partial charge in [-0.05, 0) is 35.4 Å². The number of ether oxygens (including phenoxy) is 4. The lowest BCUT2D eigenvalue weighted by molar-refractivity contribution is -0.131. The Morgan fingerprint density at radius 2 is 0.794 bits per heavy atom. The Hall–Kier alpha value is -4.98. The highest BCUT2D eigenvalue weighted by atomic mass is 16.6. The fraction of sp³-hybridized carbons (Fsp3) is 0. The van der Waals surface area contributed by atoms with Crippen LogP contribution in [0.15, 0.2) is 87.0 Å². The second-order valence-corrected chi connectivity index (χ2v) is 6.25. The van der Waals surface area contributed by atoms with Gasteiger partial charge >= 0.3 is 23.9 Å². The molecule has 172 valence electrons. The fourth-order valence-electron chi connectivity index (χ4n) is 2.38. The van der Waals surface area contributed by atoms with Crippen LogP contribution in [-0.4, -0.2) is 23.9 Å². The van der Waals surface area contributed by atoms with Gasteiger partial charge in [0.05, 0.1) is 0 Å². The van der Waals surface area contributed by atoms with Crippen molar-refractivity contribution in [1.29, 1.82) is 0 Å². The molecule has 0 bridgehead atoms. The summed E-state index contributed by atoms with van der Waals surface area (Å²) in [5.74, 6) is -2.90. The highest BCUT2D eigenvalue weighted by molar-refractivity contribution is 5.87. The summed E-state index contributed by atoms with van der Waals surface area (Å²) < 4.78 is 20.4. The average molecular weight is 460 g/mol. The molecule has 0 unspecified atom stereocenters. The highest BCUT2D eigenvalue weighted by Gasteiger charge is 2.13. The second kappa shape index (κ2) is 12.2. The zero-order valence-electron chi connectivity index (χ0n) is 18.0. The molecule has 0 atom stereocenters. The number of hydrogen-bond acceptors (Lipinski definition) is 8. The highest BCUT2D eigenvalue weighted by Crippen LogP contribution is 2.32. The van der Waals surface area contributed by atoms with Crippen LogP contribution in [-0.2, 0) is 19.2 Å². The first-order valence-corrected chi connectivity index (χ1v) is 9.62. The molecule has 0 aromatic heterocycles. The summed E-state index contributed by atoms with van der Waals surface area (Å²) in [5, 5.41) is 0. The Kier molecular flexibility index (Phi) is 9.04. The molecule has 8 heteroatoms. The van der Waals surface area contributed by atoms with Gasteiger partial charge < -0.3 is 18.9 Å². The summed E-state index contributed by atoms with van der Waals surface area (Å²) in [5.41, 5.74) is 1.16. The van der Waals surface area contributed by atoms with E-state index in [1.54, 1.807) is 24.3 Å². The maximum absolute atomic E-state index is 11.7. The van der Waals surface area contributed by atoms with Gasteiger partial charge in [0.1, 0.15) is 0 Å². The minimum atomic E-state index is -0.740. The van der Waals surface area contributed by atoms with Crippen LogP contribution in [0.3, 0.4) is 0 Å². The van der Waals surface area contributed by atoms with E-state index in [-0.39, 0.29) is 23.0 Å². The van der Waals surface area contributed by atoms with Crippen molar-refractivity contribution >= 4 is 36.0 Å². The molecule has 0 aliphatic heterocycles. The molecule has 0 heterocycles. The van der Waals surface area contributed by atoms with Gasteiger partial charge in [0.2, 0.25) is 0 Å². The van der Waals surface area contributed by atoms with Gasteiger partial charge in [-0.1, -0.05) is 50.6 Å². The molecule has 2 rings (SSSR count). The molecule has 0 aliphatic rings. The molecule has 0 radical (unpaired) electrons. The summed E-state index contributed by atoms with van der Waals surface area (Å²) in [6.07, 6.45) is 7.20. The second-order valence-electron chi connectivity index (χ2n) is 6.25. The third-order valence-electron chi connectivity index (χ3n) is 3.91. The maximum atomic E-state index is 11.7. The van der Waals surface area contributed by atoms with Crippen molar-refractivity contribution in [2.24, 2.45) is 0 Å². The van der Waals surface area contributed by atoms with Crippen LogP contribution in [0.2, 0.25) is 0 Å². The standard InChI is InChI=1S/C26H20O8/c1-5-23(27)31-19-13-11-17(15-21(19)33-25(29)7-3)9-10-18-12-14-20(32-24(28)6-2)22(16-18)34-26(30)8-4/h5-16H,1-4H2/b10-9+. The van der Waals surface area contributed by atoms with Gasteiger partial charge in [0.25, 0.3) is 0 Å². The van der Waals surface area contributed by atoms with Gasteiger partial charge in [0.15, 0.2) is 23.0 Å². The maximum Gasteiger partial charge on any atom is 0.335 e. The number of hydrogen-bond donors (Lipinski definition) is 0. The van der Waals surface area contributed by atoms with Gasteiger partial charge in [0, 0.05) is 24.3 Å². The van der Waals surface area contributed by atoms with Gasteiger partial charge in [-0.25, -0.2) is 19.2 Å². The number of esters is 4. The SMILES string of the molecule is C=CC(=O)Oc1ccc(/C=C/c2ccc(OC(=O)C=C)c(OC(=O)C=C)c2)cc1OC(=O)C=C. The van der Waals surface area contributed by atoms with Crippen LogP contribution in [0.25, 0.3) is 12.2 Å². The van der Waals surface area contributed by atoms with Crippen LogP contribution >= 0.6 is 0 Å². The Morgan fingerprint density at radius 1 is 0.500 bits per heavy atom. The van der Waals surface area contributed by atoms with E-state index in [0.717, 1.165) is 24.3 Å². The Balaban J connectivity index is 2.38. The zero-order valence-corrected chi connectivity index (χ0v) is 18.0. The van der Waals surface area contributed by atoms with E-state index >= 15 is 0 Å². The van der Waals surface area contributed by atoms with Crippen LogP contribution in [0.5, 0.6) is 23.0 Å². The van der Waals surface area contributed by atoms with Crippen LogP contribution in [0.4, 0.5) is 0 Å². The molecule has 0 saturated carbocycles. The number of carbonyl (C=O) groups excluding carboxylic acids is 4. The van der Waals surface area contributed by atoms with Crippen molar-refractivity contribution < 1.29 is 38.1 Å². The first-order chi connectivity index (χ1) is 16.3. The molecule has 0 fully saturated rings. The largest absolute Gasteiger partial charge is 0.419 e. The molecule has 2 aromatic carbocycles. The van der Waals surface area contributed by atoms with Crippen molar-refractivity contribution in [1.82, 2.24) is 0 Å². The smallest absolute Gasteiger partial charge is 0.335 e. The summed E-state index contributed by atoms with van der Waals surface area (Å²) in [6, 6.07) is 9.08. The Morgan fingerprint density at radius 3 is 1.09 bits per heavy atom. The fourth-order valence-corrected chi connectivity index (χ4v) is 2.38. The minimum Gasteiger partial charge on any atom is -0.419 e. The lowest BCUT2D eigenvalue weighted by Crippen LogP contribution is -2.08. The van der Waals surface area contributed by atoms with Crippen LogP contribution in [0.1, 0.15) is 11.1 Å². The van der Waals surface area contributed by atoms with E-state index in [0.29, 0.717) is 11.1 Å². The third kappa shape index (κ3) is 7.31. The predicted molar refractivity (Wildman–Crippen MR) is 125 cm³/mol. The minimum absolute atomic E-state index is 0.00506. The van der Waals surface area contributed by atoms with E-state index in [1.807, 2.05) is 0 Å². The van der Waals surface area contributed by atoms with Crippen LogP contribution in [0, 0.1) is 0 Å². The molecule has 34 heavy (non-hydrogen) atoms. The van der Waals surface area contributed by atoms with E-state index in [1.165, 1.54) is 24.3 Å².